The van der Waals surface area contributed by atoms with Gasteiger partial charge in [0.15, 0.2) is 0 Å². The molecule has 0 spiro atoms. The summed E-state index contributed by atoms with van der Waals surface area (Å²) in [5.41, 5.74) is 5.64. The zero-order chi connectivity index (χ0) is 14.0. The van der Waals surface area contributed by atoms with Gasteiger partial charge in [-0.15, -0.1) is 0 Å². The summed E-state index contributed by atoms with van der Waals surface area (Å²) in [5.74, 6) is 0. The Morgan fingerprint density at radius 3 is 2.84 bits per heavy atom. The summed E-state index contributed by atoms with van der Waals surface area (Å²) in [6.45, 7) is 0.189. The zero-order valence-corrected chi connectivity index (χ0v) is 10.4. The van der Waals surface area contributed by atoms with E-state index in [0.717, 1.165) is 0 Å². The van der Waals surface area contributed by atoms with Crippen LogP contribution >= 0.6 is 11.6 Å². The lowest BCUT2D eigenvalue weighted by molar-refractivity contribution is -0.383. The molecular formula is C11H9ClN4O3. The normalized spacial score (nSPS) is 10.4. The molecule has 0 unspecified atom stereocenters. The lowest BCUT2D eigenvalue weighted by atomic mass is 10.1. The third kappa shape index (κ3) is 2.89. The summed E-state index contributed by atoms with van der Waals surface area (Å²) >= 11 is 5.74. The molecule has 2 rings (SSSR count). The Morgan fingerprint density at radius 1 is 1.47 bits per heavy atom. The highest BCUT2D eigenvalue weighted by atomic mass is 35.5. The summed E-state index contributed by atoms with van der Waals surface area (Å²) in [7, 11) is 0. The van der Waals surface area contributed by atoms with Gasteiger partial charge in [-0.1, -0.05) is 17.7 Å². The van der Waals surface area contributed by atoms with E-state index in [4.69, 9.17) is 17.3 Å². The lowest BCUT2D eigenvalue weighted by Crippen LogP contribution is -2.22. The van der Waals surface area contributed by atoms with Crippen molar-refractivity contribution in [2.45, 2.75) is 6.54 Å². The van der Waals surface area contributed by atoms with Gasteiger partial charge < -0.3 is 5.73 Å². The largest absolute Gasteiger partial charge is 0.393 e. The Labute approximate surface area is 112 Å². The van der Waals surface area contributed by atoms with Gasteiger partial charge in [0.05, 0.1) is 22.7 Å². The van der Waals surface area contributed by atoms with E-state index >= 15 is 0 Å². The number of nitrogen functional groups attached to an aromatic ring is 1. The van der Waals surface area contributed by atoms with Gasteiger partial charge in [-0.3, -0.25) is 14.7 Å². The van der Waals surface area contributed by atoms with Gasteiger partial charge in [-0.25, -0.2) is 9.78 Å². The molecule has 0 aliphatic heterocycles. The molecule has 2 aromatic rings. The predicted molar refractivity (Wildman–Crippen MR) is 70.1 cm³/mol. The molecule has 0 bridgehead atoms. The number of anilines is 1. The molecule has 2 N–H and O–H groups in total. The van der Waals surface area contributed by atoms with E-state index in [1.165, 1.54) is 35.2 Å². The van der Waals surface area contributed by atoms with Gasteiger partial charge in [0.2, 0.25) is 0 Å². The van der Waals surface area contributed by atoms with E-state index in [1.807, 2.05) is 0 Å². The topological polar surface area (TPSA) is 104 Å². The van der Waals surface area contributed by atoms with Crippen LogP contribution in [0.3, 0.4) is 0 Å². The van der Waals surface area contributed by atoms with Crippen LogP contribution in [-0.2, 0) is 6.54 Å². The molecule has 0 radical (unpaired) electrons. The second-order valence-electron chi connectivity index (χ2n) is 3.83. The van der Waals surface area contributed by atoms with Gasteiger partial charge in [0.25, 0.3) is 5.69 Å². The molecule has 98 valence electrons. The molecule has 8 heteroatoms. The van der Waals surface area contributed by atoms with Crippen molar-refractivity contribution in [3.8, 4) is 0 Å². The summed E-state index contributed by atoms with van der Waals surface area (Å²) in [5, 5.41) is 11.0. The van der Waals surface area contributed by atoms with Crippen LogP contribution in [0.4, 0.5) is 11.4 Å². The number of nitro groups is 1. The summed E-state index contributed by atoms with van der Waals surface area (Å²) in [6.07, 6.45) is 2.69. The minimum Gasteiger partial charge on any atom is -0.393 e. The van der Waals surface area contributed by atoms with Crippen LogP contribution in [0.25, 0.3) is 0 Å². The van der Waals surface area contributed by atoms with E-state index in [-0.39, 0.29) is 17.9 Å². The number of nitrogens with two attached hydrogens (primary N) is 1. The molecular weight excluding hydrogens is 272 g/mol. The number of hydrogen-bond acceptors (Lipinski definition) is 5. The molecule has 0 aliphatic rings. The van der Waals surface area contributed by atoms with Crippen molar-refractivity contribution in [1.82, 2.24) is 9.55 Å². The number of rotatable bonds is 3. The van der Waals surface area contributed by atoms with E-state index in [2.05, 4.69) is 4.98 Å². The Morgan fingerprint density at radius 2 is 2.21 bits per heavy atom. The molecule has 0 saturated carbocycles. The first kappa shape index (κ1) is 13.0. The number of nitro benzene ring substituents is 1. The predicted octanol–water partition coefficient (Wildman–Crippen LogP) is 1.44. The standard InChI is InChI=1S/C11H9ClN4O3/c12-8-4-14-11(17)15(6-8)5-7-1-2-10(16(18)19)9(13)3-7/h1-4,6H,5,13H2. The van der Waals surface area contributed by atoms with Crippen LogP contribution < -0.4 is 11.4 Å². The third-order valence-corrected chi connectivity index (χ3v) is 2.66. The van der Waals surface area contributed by atoms with Crippen molar-refractivity contribution < 1.29 is 4.92 Å². The fraction of sp³-hybridized carbons (Fsp3) is 0.0909. The van der Waals surface area contributed by atoms with Crippen molar-refractivity contribution in [1.29, 1.82) is 0 Å². The Kier molecular flexibility index (Phi) is 3.48. The van der Waals surface area contributed by atoms with E-state index in [0.29, 0.717) is 10.6 Å². The van der Waals surface area contributed by atoms with E-state index in [1.54, 1.807) is 0 Å². The number of halogens is 1. The van der Waals surface area contributed by atoms with E-state index < -0.39 is 10.6 Å². The molecule has 0 saturated heterocycles. The smallest absolute Gasteiger partial charge is 0.347 e. The van der Waals surface area contributed by atoms with Gasteiger partial charge in [0.1, 0.15) is 5.69 Å². The van der Waals surface area contributed by atoms with Crippen LogP contribution in [0.2, 0.25) is 5.02 Å². The fourth-order valence-corrected chi connectivity index (χ4v) is 1.77. The molecule has 0 amide bonds. The maximum atomic E-state index is 11.5. The van der Waals surface area contributed by atoms with Gasteiger partial charge in [-0.05, 0) is 11.6 Å². The Balaban J connectivity index is 2.34. The Bertz CT molecular complexity index is 699. The highest BCUT2D eigenvalue weighted by molar-refractivity contribution is 6.30. The van der Waals surface area contributed by atoms with Crippen molar-refractivity contribution in [3.05, 3.63) is 61.8 Å². The van der Waals surface area contributed by atoms with Crippen molar-refractivity contribution in [3.63, 3.8) is 0 Å². The summed E-state index contributed by atoms with van der Waals surface area (Å²) in [6, 6.07) is 4.28. The molecule has 0 fully saturated rings. The third-order valence-electron chi connectivity index (χ3n) is 2.46. The quantitative estimate of drug-likeness (QED) is 0.520. The van der Waals surface area contributed by atoms with Crippen LogP contribution in [0.1, 0.15) is 5.56 Å². The Hall–Kier alpha value is -2.41. The lowest BCUT2D eigenvalue weighted by Gasteiger charge is -2.06. The minimum absolute atomic E-state index is 0.0468. The van der Waals surface area contributed by atoms with Crippen LogP contribution in [0, 0.1) is 10.1 Å². The number of aromatic nitrogens is 2. The van der Waals surface area contributed by atoms with Crippen LogP contribution in [0.15, 0.2) is 35.4 Å². The van der Waals surface area contributed by atoms with Crippen LogP contribution in [0.5, 0.6) is 0 Å². The van der Waals surface area contributed by atoms with Gasteiger partial charge in [0, 0.05) is 12.3 Å². The van der Waals surface area contributed by atoms with Crippen molar-refractivity contribution in [2.24, 2.45) is 0 Å². The highest BCUT2D eigenvalue weighted by Crippen LogP contribution is 2.22. The maximum Gasteiger partial charge on any atom is 0.347 e. The molecule has 0 aliphatic carbocycles. The molecule has 1 aromatic carbocycles. The second kappa shape index (κ2) is 5.07. The molecule has 19 heavy (non-hydrogen) atoms. The molecule has 7 nitrogen and oxygen atoms in total. The van der Waals surface area contributed by atoms with Gasteiger partial charge >= 0.3 is 5.69 Å². The monoisotopic (exact) mass is 280 g/mol. The molecule has 1 heterocycles. The van der Waals surface area contributed by atoms with Gasteiger partial charge in [-0.2, -0.15) is 0 Å². The second-order valence-corrected chi connectivity index (χ2v) is 4.27. The van der Waals surface area contributed by atoms with Crippen molar-refractivity contribution in [2.75, 3.05) is 5.73 Å². The molecule has 0 atom stereocenters. The average Bonchev–Trinajstić information content (AvgIpc) is 2.33. The van der Waals surface area contributed by atoms with Crippen molar-refractivity contribution >= 4 is 23.0 Å². The maximum absolute atomic E-state index is 11.5. The van der Waals surface area contributed by atoms with Crippen LogP contribution in [-0.4, -0.2) is 14.5 Å². The first-order chi connectivity index (χ1) is 8.97. The minimum atomic E-state index is -0.563. The zero-order valence-electron chi connectivity index (χ0n) is 9.62. The summed E-state index contributed by atoms with van der Waals surface area (Å²) in [4.78, 5) is 25.1. The first-order valence-electron chi connectivity index (χ1n) is 5.22. The first-order valence-corrected chi connectivity index (χ1v) is 5.60. The average molecular weight is 281 g/mol. The summed E-state index contributed by atoms with van der Waals surface area (Å²) < 4.78 is 1.29. The number of hydrogen-bond donors (Lipinski definition) is 1. The highest BCUT2D eigenvalue weighted by Gasteiger charge is 2.11. The SMILES string of the molecule is Nc1cc(Cn2cc(Cl)cnc2=O)ccc1[N+](=O)[O-]. The van der Waals surface area contributed by atoms with E-state index in [9.17, 15) is 14.9 Å². The molecule has 1 aromatic heterocycles. The fourth-order valence-electron chi connectivity index (χ4n) is 1.61. The number of benzene rings is 1. The number of nitrogens with zero attached hydrogens (tertiary/aromatic N) is 3.